The van der Waals surface area contributed by atoms with Crippen LogP contribution in [0.3, 0.4) is 0 Å². The highest BCUT2D eigenvalue weighted by Crippen LogP contribution is 2.15. The van der Waals surface area contributed by atoms with Crippen molar-refractivity contribution < 1.29 is 15.0 Å². The smallest absolute Gasteiger partial charge is 0.341 e. The van der Waals surface area contributed by atoms with Crippen LogP contribution in [0.15, 0.2) is 29.2 Å². The lowest BCUT2D eigenvalue weighted by Gasteiger charge is -1.95. The van der Waals surface area contributed by atoms with Crippen molar-refractivity contribution in [1.29, 1.82) is 0 Å². The van der Waals surface area contributed by atoms with E-state index < -0.39 is 5.97 Å². The van der Waals surface area contributed by atoms with Crippen molar-refractivity contribution in [2.24, 2.45) is 0 Å². The lowest BCUT2D eigenvalue weighted by Crippen LogP contribution is -1.92. The molecule has 0 saturated carbocycles. The van der Waals surface area contributed by atoms with E-state index in [9.17, 15) is 4.79 Å². The summed E-state index contributed by atoms with van der Waals surface area (Å²) >= 11 is 3.75. The molecule has 2 N–H and O–H groups in total. The van der Waals surface area contributed by atoms with E-state index >= 15 is 0 Å². The van der Waals surface area contributed by atoms with Crippen molar-refractivity contribution in [3.05, 3.63) is 34.7 Å². The van der Waals surface area contributed by atoms with Crippen molar-refractivity contribution in [3.8, 4) is 5.75 Å². The highest BCUT2D eigenvalue weighted by Gasteiger charge is 2.00. The van der Waals surface area contributed by atoms with Gasteiger partial charge in [-0.1, -0.05) is 12.1 Å². The van der Waals surface area contributed by atoms with Crippen molar-refractivity contribution in [1.82, 2.24) is 0 Å². The van der Waals surface area contributed by atoms with Gasteiger partial charge in [0.25, 0.3) is 0 Å². The van der Waals surface area contributed by atoms with E-state index in [0.29, 0.717) is 5.56 Å². The van der Waals surface area contributed by atoms with Crippen LogP contribution < -0.4 is 0 Å². The van der Waals surface area contributed by atoms with Gasteiger partial charge in [-0.05, 0) is 23.8 Å². The first kappa shape index (κ1) is 9.67. The van der Waals surface area contributed by atoms with Gasteiger partial charge in [-0.15, -0.1) is 12.6 Å². The third kappa shape index (κ3) is 2.83. The number of hydrogen-bond acceptors (Lipinski definition) is 3. The van der Waals surface area contributed by atoms with Gasteiger partial charge in [-0.25, -0.2) is 4.79 Å². The van der Waals surface area contributed by atoms with Crippen molar-refractivity contribution in [2.75, 3.05) is 0 Å². The maximum atomic E-state index is 10.4. The number of carbonyl (C=O) groups is 1. The molecule has 0 aliphatic rings. The quantitative estimate of drug-likeness (QED) is 0.499. The number of rotatable bonds is 2. The van der Waals surface area contributed by atoms with Crippen LogP contribution in [0.4, 0.5) is 0 Å². The van der Waals surface area contributed by atoms with Crippen LogP contribution in [0, 0.1) is 0 Å². The number of aromatic hydroxyl groups is 1. The summed E-state index contributed by atoms with van der Waals surface area (Å²) in [5.41, 5.74) is 0.604. The monoisotopic (exact) mass is 196 g/mol. The molecule has 0 aliphatic carbocycles. The van der Waals surface area contributed by atoms with E-state index in [1.54, 1.807) is 12.1 Å². The first-order valence-electron chi connectivity index (χ1n) is 3.52. The Balaban J connectivity index is 2.97. The minimum Gasteiger partial charge on any atom is -0.508 e. The molecule has 0 aromatic heterocycles. The number of aliphatic carboxylic acids is 1. The molecule has 0 amide bonds. The molecule has 1 aromatic rings. The lowest BCUT2D eigenvalue weighted by molar-refractivity contribution is -0.131. The van der Waals surface area contributed by atoms with Gasteiger partial charge in [0.05, 0.1) is 4.91 Å². The second kappa shape index (κ2) is 4.00. The van der Waals surface area contributed by atoms with E-state index in [2.05, 4.69) is 12.6 Å². The zero-order valence-corrected chi connectivity index (χ0v) is 7.53. The molecule has 1 aromatic carbocycles. The average Bonchev–Trinajstić information content (AvgIpc) is 2.04. The van der Waals surface area contributed by atoms with E-state index in [1.165, 1.54) is 18.2 Å². The second-order valence-electron chi connectivity index (χ2n) is 2.43. The maximum Gasteiger partial charge on any atom is 0.341 e. The van der Waals surface area contributed by atoms with Crippen molar-refractivity contribution in [2.45, 2.75) is 0 Å². The molecule has 0 heterocycles. The summed E-state index contributed by atoms with van der Waals surface area (Å²) in [5, 5.41) is 17.6. The molecular weight excluding hydrogens is 188 g/mol. The molecular formula is C9H8O3S. The standard InChI is InChI=1S/C9H8O3S/c10-7-3-1-2-6(4-7)5-8(13)9(11)12/h1-5,10,13H,(H,11,12). The molecule has 0 bridgehead atoms. The minimum atomic E-state index is -1.09. The van der Waals surface area contributed by atoms with Crippen LogP contribution in [0.5, 0.6) is 5.75 Å². The Morgan fingerprint density at radius 2 is 2.15 bits per heavy atom. The van der Waals surface area contributed by atoms with Gasteiger partial charge >= 0.3 is 5.97 Å². The number of carboxylic acids is 1. The maximum absolute atomic E-state index is 10.4. The molecule has 0 spiro atoms. The normalized spacial score (nSPS) is 11.3. The van der Waals surface area contributed by atoms with Crippen LogP contribution in [-0.2, 0) is 4.79 Å². The molecule has 68 valence electrons. The first-order chi connectivity index (χ1) is 6.09. The van der Waals surface area contributed by atoms with Gasteiger partial charge in [0.15, 0.2) is 0 Å². The van der Waals surface area contributed by atoms with Crippen LogP contribution in [-0.4, -0.2) is 16.2 Å². The highest BCUT2D eigenvalue weighted by molar-refractivity contribution is 7.85. The summed E-state index contributed by atoms with van der Waals surface area (Å²) in [6.07, 6.45) is 1.37. The van der Waals surface area contributed by atoms with Crippen LogP contribution in [0.1, 0.15) is 5.56 Å². The predicted octanol–water partition coefficient (Wildman–Crippen LogP) is 1.75. The molecule has 4 heteroatoms. The Labute approximate surface area is 80.7 Å². The summed E-state index contributed by atoms with van der Waals surface area (Å²) in [5.74, 6) is -0.994. The summed E-state index contributed by atoms with van der Waals surface area (Å²) in [6, 6.07) is 6.28. The summed E-state index contributed by atoms with van der Waals surface area (Å²) in [4.78, 5) is 10.3. The minimum absolute atomic E-state index is 0.0643. The molecule has 0 saturated heterocycles. The number of carboxylic acid groups (broad SMARTS) is 1. The third-order valence-electron chi connectivity index (χ3n) is 1.39. The average molecular weight is 196 g/mol. The number of thiol groups is 1. The van der Waals surface area contributed by atoms with E-state index in [4.69, 9.17) is 10.2 Å². The van der Waals surface area contributed by atoms with Crippen molar-refractivity contribution >= 4 is 24.7 Å². The second-order valence-corrected chi connectivity index (χ2v) is 2.91. The van der Waals surface area contributed by atoms with Crippen molar-refractivity contribution in [3.63, 3.8) is 0 Å². The summed E-state index contributed by atoms with van der Waals surface area (Å²) in [6.45, 7) is 0. The van der Waals surface area contributed by atoms with Gasteiger partial charge in [-0.3, -0.25) is 0 Å². The molecule has 0 unspecified atom stereocenters. The molecule has 1 rings (SSSR count). The van der Waals surface area contributed by atoms with Gasteiger partial charge in [0.2, 0.25) is 0 Å². The van der Waals surface area contributed by atoms with Crippen LogP contribution in [0.2, 0.25) is 0 Å². The fourth-order valence-corrected chi connectivity index (χ4v) is 0.983. The van der Waals surface area contributed by atoms with Crippen LogP contribution in [0.25, 0.3) is 6.08 Å². The largest absolute Gasteiger partial charge is 0.508 e. The zero-order valence-electron chi connectivity index (χ0n) is 6.64. The van der Waals surface area contributed by atoms with E-state index in [0.717, 1.165) is 0 Å². The topological polar surface area (TPSA) is 57.5 Å². The number of phenols is 1. The highest BCUT2D eigenvalue weighted by atomic mass is 32.1. The summed E-state index contributed by atoms with van der Waals surface area (Å²) < 4.78 is 0. The predicted molar refractivity (Wildman–Crippen MR) is 52.7 cm³/mol. The van der Waals surface area contributed by atoms with Gasteiger partial charge in [0.1, 0.15) is 5.75 Å². The Hall–Kier alpha value is -1.42. The first-order valence-corrected chi connectivity index (χ1v) is 3.97. The Morgan fingerprint density at radius 1 is 1.46 bits per heavy atom. The molecule has 13 heavy (non-hydrogen) atoms. The molecule has 0 fully saturated rings. The SMILES string of the molecule is O=C(O)C(S)=Cc1cccc(O)c1. The number of benzene rings is 1. The summed E-state index contributed by atoms with van der Waals surface area (Å²) in [7, 11) is 0. The van der Waals surface area contributed by atoms with Gasteiger partial charge in [0, 0.05) is 0 Å². The molecule has 0 atom stereocenters. The Kier molecular flexibility index (Phi) is 2.97. The fraction of sp³-hybridized carbons (Fsp3) is 0. The third-order valence-corrected chi connectivity index (χ3v) is 1.71. The lowest BCUT2D eigenvalue weighted by atomic mass is 10.2. The Morgan fingerprint density at radius 3 is 2.69 bits per heavy atom. The van der Waals surface area contributed by atoms with Gasteiger partial charge in [-0.2, -0.15) is 0 Å². The Bertz CT molecular complexity index is 358. The molecule has 0 aliphatic heterocycles. The molecule has 3 nitrogen and oxygen atoms in total. The zero-order chi connectivity index (χ0) is 9.84. The van der Waals surface area contributed by atoms with E-state index in [1.807, 2.05) is 0 Å². The molecule has 0 radical (unpaired) electrons. The number of phenolic OH excluding ortho intramolecular Hbond substituents is 1. The fourth-order valence-electron chi connectivity index (χ4n) is 0.834. The van der Waals surface area contributed by atoms with Gasteiger partial charge < -0.3 is 10.2 Å². The number of hydrogen-bond donors (Lipinski definition) is 3. The van der Waals surface area contributed by atoms with E-state index in [-0.39, 0.29) is 10.7 Å². The van der Waals surface area contributed by atoms with Crippen LogP contribution >= 0.6 is 12.6 Å².